The second-order valence-corrected chi connectivity index (χ2v) is 4.29. The minimum Gasteiger partial charge on any atom is -0.326 e. The molecule has 0 aliphatic carbocycles. The summed E-state index contributed by atoms with van der Waals surface area (Å²) in [7, 11) is 0. The summed E-state index contributed by atoms with van der Waals surface area (Å²) in [5.74, 6) is 0.189. The van der Waals surface area contributed by atoms with E-state index in [1.807, 2.05) is 13.8 Å². The van der Waals surface area contributed by atoms with Gasteiger partial charge >= 0.3 is 6.18 Å². The predicted molar refractivity (Wildman–Crippen MR) is 57.9 cm³/mol. The Balaban J connectivity index is 3.16. The molecule has 90 valence electrons. The normalized spacial score (nSPS) is 12.2. The monoisotopic (exact) mass is 231 g/mol. The van der Waals surface area contributed by atoms with Gasteiger partial charge in [0.25, 0.3) is 0 Å². The molecule has 1 aromatic rings. The molecule has 0 aromatic heterocycles. The summed E-state index contributed by atoms with van der Waals surface area (Å²) in [6.45, 7) is 4.06. The van der Waals surface area contributed by atoms with Crippen molar-refractivity contribution in [3.63, 3.8) is 0 Å². The Kier molecular flexibility index (Phi) is 3.97. The van der Waals surface area contributed by atoms with Gasteiger partial charge in [-0.05, 0) is 29.5 Å². The van der Waals surface area contributed by atoms with E-state index < -0.39 is 11.7 Å². The molecule has 1 aromatic carbocycles. The molecule has 0 heterocycles. The molecule has 0 aliphatic rings. The third-order valence-corrected chi connectivity index (χ3v) is 2.34. The first-order chi connectivity index (χ1) is 7.34. The SMILES string of the molecule is CC(C)Cc1cc(CN)ccc1C(F)(F)F. The van der Waals surface area contributed by atoms with Crippen LogP contribution in [-0.2, 0) is 19.1 Å². The summed E-state index contributed by atoms with van der Waals surface area (Å²) in [5.41, 5.74) is 5.96. The van der Waals surface area contributed by atoms with Gasteiger partial charge in [0.2, 0.25) is 0 Å². The molecule has 0 unspecified atom stereocenters. The lowest BCUT2D eigenvalue weighted by Gasteiger charge is -2.15. The minimum absolute atomic E-state index is 0.189. The van der Waals surface area contributed by atoms with Gasteiger partial charge in [0, 0.05) is 6.54 Å². The first-order valence-corrected chi connectivity index (χ1v) is 5.23. The highest BCUT2D eigenvalue weighted by molar-refractivity contribution is 5.34. The Morgan fingerprint density at radius 1 is 1.25 bits per heavy atom. The highest BCUT2D eigenvalue weighted by atomic mass is 19.4. The summed E-state index contributed by atoms with van der Waals surface area (Å²) in [5, 5.41) is 0. The maximum atomic E-state index is 12.7. The standard InChI is InChI=1S/C12H16F3N/c1-8(2)5-10-6-9(7-16)3-4-11(10)12(13,14)15/h3-4,6,8H,5,7,16H2,1-2H3. The summed E-state index contributed by atoms with van der Waals surface area (Å²) < 4.78 is 38.1. The summed E-state index contributed by atoms with van der Waals surface area (Å²) in [4.78, 5) is 0. The van der Waals surface area contributed by atoms with Gasteiger partial charge in [-0.1, -0.05) is 26.0 Å². The lowest BCUT2D eigenvalue weighted by atomic mass is 9.95. The van der Waals surface area contributed by atoms with Crippen LogP contribution in [0.3, 0.4) is 0 Å². The lowest BCUT2D eigenvalue weighted by Crippen LogP contribution is -2.12. The molecule has 0 radical (unpaired) electrons. The molecule has 0 spiro atoms. The number of alkyl halides is 3. The van der Waals surface area contributed by atoms with Crippen LogP contribution in [0.1, 0.15) is 30.5 Å². The zero-order valence-electron chi connectivity index (χ0n) is 9.43. The van der Waals surface area contributed by atoms with E-state index in [2.05, 4.69) is 0 Å². The van der Waals surface area contributed by atoms with Crippen molar-refractivity contribution in [2.45, 2.75) is 33.0 Å². The zero-order chi connectivity index (χ0) is 12.3. The fourth-order valence-corrected chi connectivity index (χ4v) is 1.66. The minimum atomic E-state index is -4.28. The molecule has 0 saturated heterocycles. The van der Waals surface area contributed by atoms with Crippen LogP contribution in [0.15, 0.2) is 18.2 Å². The maximum absolute atomic E-state index is 12.7. The number of halogens is 3. The van der Waals surface area contributed by atoms with Gasteiger partial charge in [0.15, 0.2) is 0 Å². The molecule has 4 heteroatoms. The fraction of sp³-hybridized carbons (Fsp3) is 0.500. The van der Waals surface area contributed by atoms with Gasteiger partial charge in [0.1, 0.15) is 0 Å². The molecule has 1 nitrogen and oxygen atoms in total. The van der Waals surface area contributed by atoms with Crippen LogP contribution in [0.5, 0.6) is 0 Å². The van der Waals surface area contributed by atoms with Crippen molar-refractivity contribution in [2.24, 2.45) is 11.7 Å². The van der Waals surface area contributed by atoms with Crippen molar-refractivity contribution in [1.82, 2.24) is 0 Å². The van der Waals surface area contributed by atoms with Gasteiger partial charge in [-0.15, -0.1) is 0 Å². The summed E-state index contributed by atoms with van der Waals surface area (Å²) in [6.07, 6.45) is -3.86. The Morgan fingerprint density at radius 2 is 1.88 bits per heavy atom. The van der Waals surface area contributed by atoms with E-state index in [4.69, 9.17) is 5.73 Å². The third-order valence-electron chi connectivity index (χ3n) is 2.34. The molecular formula is C12H16F3N. The molecule has 16 heavy (non-hydrogen) atoms. The summed E-state index contributed by atoms with van der Waals surface area (Å²) in [6, 6.07) is 4.12. The van der Waals surface area contributed by atoms with E-state index in [1.165, 1.54) is 6.07 Å². The molecular weight excluding hydrogens is 215 g/mol. The second kappa shape index (κ2) is 4.87. The smallest absolute Gasteiger partial charge is 0.326 e. The molecule has 0 bridgehead atoms. The number of rotatable bonds is 3. The molecule has 0 atom stereocenters. The molecule has 1 rings (SSSR count). The van der Waals surface area contributed by atoms with Gasteiger partial charge in [0.05, 0.1) is 5.56 Å². The van der Waals surface area contributed by atoms with Gasteiger partial charge in [-0.2, -0.15) is 13.2 Å². The van der Waals surface area contributed by atoms with Crippen molar-refractivity contribution in [2.75, 3.05) is 0 Å². The number of hydrogen-bond acceptors (Lipinski definition) is 1. The molecule has 2 N–H and O–H groups in total. The molecule has 0 amide bonds. The molecule has 0 fully saturated rings. The van der Waals surface area contributed by atoms with Gasteiger partial charge in [-0.3, -0.25) is 0 Å². The summed E-state index contributed by atoms with van der Waals surface area (Å²) >= 11 is 0. The Hall–Kier alpha value is -1.03. The number of nitrogens with two attached hydrogens (primary N) is 1. The molecule has 0 saturated carbocycles. The number of benzene rings is 1. The second-order valence-electron chi connectivity index (χ2n) is 4.29. The van der Waals surface area contributed by atoms with Crippen molar-refractivity contribution in [3.05, 3.63) is 34.9 Å². The highest BCUT2D eigenvalue weighted by Crippen LogP contribution is 2.33. The zero-order valence-corrected chi connectivity index (χ0v) is 9.43. The van der Waals surface area contributed by atoms with Gasteiger partial charge < -0.3 is 5.73 Å². The number of hydrogen-bond donors (Lipinski definition) is 1. The average Bonchev–Trinajstić information content (AvgIpc) is 2.14. The van der Waals surface area contributed by atoms with Crippen molar-refractivity contribution in [3.8, 4) is 0 Å². The topological polar surface area (TPSA) is 26.0 Å². The van der Waals surface area contributed by atoms with E-state index in [0.29, 0.717) is 12.0 Å². The van der Waals surface area contributed by atoms with E-state index >= 15 is 0 Å². The van der Waals surface area contributed by atoms with Crippen LogP contribution in [0.2, 0.25) is 0 Å². The van der Waals surface area contributed by atoms with Crippen LogP contribution in [-0.4, -0.2) is 0 Å². The van der Waals surface area contributed by atoms with Crippen molar-refractivity contribution in [1.29, 1.82) is 0 Å². The Bertz CT molecular complexity index is 356. The van der Waals surface area contributed by atoms with E-state index in [-0.39, 0.29) is 12.5 Å². The first kappa shape index (κ1) is 13.0. The van der Waals surface area contributed by atoms with E-state index in [1.54, 1.807) is 6.07 Å². The van der Waals surface area contributed by atoms with Crippen LogP contribution in [0, 0.1) is 5.92 Å². The third kappa shape index (κ3) is 3.23. The predicted octanol–water partition coefficient (Wildman–Crippen LogP) is 3.36. The fourth-order valence-electron chi connectivity index (χ4n) is 1.66. The van der Waals surface area contributed by atoms with Crippen LogP contribution in [0.4, 0.5) is 13.2 Å². The highest BCUT2D eigenvalue weighted by Gasteiger charge is 2.33. The van der Waals surface area contributed by atoms with Crippen LogP contribution < -0.4 is 5.73 Å². The largest absolute Gasteiger partial charge is 0.416 e. The average molecular weight is 231 g/mol. The first-order valence-electron chi connectivity index (χ1n) is 5.23. The maximum Gasteiger partial charge on any atom is 0.416 e. The van der Waals surface area contributed by atoms with Crippen LogP contribution in [0.25, 0.3) is 0 Å². The quantitative estimate of drug-likeness (QED) is 0.848. The van der Waals surface area contributed by atoms with Crippen molar-refractivity contribution < 1.29 is 13.2 Å². The Labute approximate surface area is 93.5 Å². The van der Waals surface area contributed by atoms with Gasteiger partial charge in [-0.25, -0.2) is 0 Å². The van der Waals surface area contributed by atoms with E-state index in [9.17, 15) is 13.2 Å². The lowest BCUT2D eigenvalue weighted by molar-refractivity contribution is -0.138. The Morgan fingerprint density at radius 3 is 2.31 bits per heavy atom. The van der Waals surface area contributed by atoms with Crippen molar-refractivity contribution >= 4 is 0 Å². The van der Waals surface area contributed by atoms with Crippen LogP contribution >= 0.6 is 0 Å². The van der Waals surface area contributed by atoms with E-state index in [0.717, 1.165) is 11.6 Å². The molecule has 0 aliphatic heterocycles.